The molecule has 3 rings (SSSR count). The largest absolute Gasteiger partial charge is 0.493 e. The number of carbonyl (C=O) groups is 2. The molecule has 0 bridgehead atoms. The van der Waals surface area contributed by atoms with Gasteiger partial charge in [-0.3, -0.25) is 14.9 Å². The molecule has 0 unspecified atom stereocenters. The highest BCUT2D eigenvalue weighted by Gasteiger charge is 2.15. The lowest BCUT2D eigenvalue weighted by atomic mass is 10.1. The van der Waals surface area contributed by atoms with E-state index in [1.54, 1.807) is 42.5 Å². The molecule has 0 radical (unpaired) electrons. The topological polar surface area (TPSA) is 79.5 Å². The molecule has 2 amide bonds. The van der Waals surface area contributed by atoms with Crippen LogP contribution in [0.25, 0.3) is 0 Å². The Morgan fingerprint density at radius 2 is 1.73 bits per heavy atom. The van der Waals surface area contributed by atoms with Crippen LogP contribution in [-0.4, -0.2) is 23.5 Å². The van der Waals surface area contributed by atoms with Crippen molar-refractivity contribution >= 4 is 56.4 Å². The van der Waals surface area contributed by atoms with E-state index in [1.807, 2.05) is 6.92 Å². The number of benzene rings is 3. The minimum Gasteiger partial charge on any atom is -0.493 e. The molecule has 0 saturated carbocycles. The van der Waals surface area contributed by atoms with Gasteiger partial charge in [0, 0.05) is 21.4 Å². The van der Waals surface area contributed by atoms with Crippen molar-refractivity contribution in [1.82, 2.24) is 5.32 Å². The summed E-state index contributed by atoms with van der Waals surface area (Å²) in [5.41, 5.74) is 1.69. The van der Waals surface area contributed by atoms with Gasteiger partial charge in [0.15, 0.2) is 5.11 Å². The number of amides is 2. The predicted molar refractivity (Wildman–Crippen MR) is 134 cm³/mol. The van der Waals surface area contributed by atoms with Gasteiger partial charge in [0.1, 0.15) is 11.6 Å². The quantitative estimate of drug-likeness (QED) is 0.339. The van der Waals surface area contributed by atoms with Crippen molar-refractivity contribution in [2.45, 2.75) is 13.3 Å². The van der Waals surface area contributed by atoms with Crippen molar-refractivity contribution in [3.8, 4) is 5.75 Å². The van der Waals surface area contributed by atoms with Crippen molar-refractivity contribution in [2.75, 3.05) is 17.2 Å². The molecule has 0 heterocycles. The molecule has 170 valence electrons. The lowest BCUT2D eigenvalue weighted by Crippen LogP contribution is -2.34. The normalized spacial score (nSPS) is 10.3. The zero-order valence-electron chi connectivity index (χ0n) is 17.7. The molecule has 0 aliphatic carbocycles. The highest BCUT2D eigenvalue weighted by molar-refractivity contribution is 9.10. The fourth-order valence-electron chi connectivity index (χ4n) is 2.82. The molecule has 3 N–H and O–H groups in total. The average molecular weight is 530 g/mol. The third kappa shape index (κ3) is 7.10. The lowest BCUT2D eigenvalue weighted by molar-refractivity contribution is 0.0972. The van der Waals surface area contributed by atoms with Crippen LogP contribution in [0, 0.1) is 5.82 Å². The van der Waals surface area contributed by atoms with Crippen molar-refractivity contribution < 1.29 is 18.7 Å². The van der Waals surface area contributed by atoms with Crippen molar-refractivity contribution in [2.24, 2.45) is 0 Å². The van der Waals surface area contributed by atoms with Gasteiger partial charge in [-0.25, -0.2) is 4.39 Å². The Hall–Kier alpha value is -3.30. The summed E-state index contributed by atoms with van der Waals surface area (Å²) in [7, 11) is 0. The molecule has 0 spiro atoms. The van der Waals surface area contributed by atoms with E-state index in [4.69, 9.17) is 17.0 Å². The molecule has 0 fully saturated rings. The van der Waals surface area contributed by atoms with Crippen molar-refractivity contribution in [1.29, 1.82) is 0 Å². The van der Waals surface area contributed by atoms with Gasteiger partial charge in [0.05, 0.1) is 12.2 Å². The SMILES string of the molecule is CCCOc1ccc(Br)cc1C(=O)NC(=S)Nc1cccc(C(=O)Nc2ccc(F)cc2)c1. The first-order valence-corrected chi connectivity index (χ1v) is 11.3. The molecule has 0 aromatic heterocycles. The van der Waals surface area contributed by atoms with E-state index < -0.39 is 5.91 Å². The van der Waals surface area contributed by atoms with Crippen LogP contribution in [0.3, 0.4) is 0 Å². The summed E-state index contributed by atoms with van der Waals surface area (Å²) < 4.78 is 19.4. The Labute approximate surface area is 204 Å². The van der Waals surface area contributed by atoms with Crippen molar-refractivity contribution in [3.05, 3.63) is 88.1 Å². The minimum atomic E-state index is -0.426. The summed E-state index contributed by atoms with van der Waals surface area (Å²) in [6.07, 6.45) is 0.808. The summed E-state index contributed by atoms with van der Waals surface area (Å²) in [4.78, 5) is 25.3. The maximum absolute atomic E-state index is 13.0. The maximum Gasteiger partial charge on any atom is 0.261 e. The van der Waals surface area contributed by atoms with Crippen LogP contribution in [-0.2, 0) is 0 Å². The van der Waals surface area contributed by atoms with Crippen LogP contribution in [0.2, 0.25) is 0 Å². The first-order valence-electron chi connectivity index (χ1n) is 10.1. The number of thiocarbonyl (C=S) groups is 1. The van der Waals surface area contributed by atoms with Gasteiger partial charge in [-0.1, -0.05) is 28.9 Å². The Balaban J connectivity index is 1.65. The summed E-state index contributed by atoms with van der Waals surface area (Å²) in [5.74, 6) is -0.723. The summed E-state index contributed by atoms with van der Waals surface area (Å²) in [6.45, 7) is 2.46. The van der Waals surface area contributed by atoms with E-state index in [9.17, 15) is 14.0 Å². The predicted octanol–water partition coefficient (Wildman–Crippen LogP) is 5.76. The second-order valence-corrected chi connectivity index (χ2v) is 8.26. The van der Waals surface area contributed by atoms with E-state index in [1.165, 1.54) is 24.3 Å². The zero-order chi connectivity index (χ0) is 23.8. The molecule has 0 atom stereocenters. The number of hydrogen-bond acceptors (Lipinski definition) is 4. The highest BCUT2D eigenvalue weighted by atomic mass is 79.9. The van der Waals surface area contributed by atoms with Gasteiger partial charge in [-0.15, -0.1) is 0 Å². The Morgan fingerprint density at radius 1 is 0.970 bits per heavy atom. The summed E-state index contributed by atoms with van der Waals surface area (Å²) in [6, 6.07) is 17.2. The van der Waals surface area contributed by atoms with E-state index in [2.05, 4.69) is 31.9 Å². The van der Waals surface area contributed by atoms with Crippen LogP contribution < -0.4 is 20.7 Å². The van der Waals surface area contributed by atoms with Crippen LogP contribution >= 0.6 is 28.1 Å². The number of carbonyl (C=O) groups excluding carboxylic acids is 2. The van der Waals surface area contributed by atoms with Crippen LogP contribution in [0.1, 0.15) is 34.1 Å². The highest BCUT2D eigenvalue weighted by Crippen LogP contribution is 2.23. The van der Waals surface area contributed by atoms with Gasteiger partial charge >= 0.3 is 0 Å². The third-order valence-electron chi connectivity index (χ3n) is 4.36. The number of nitrogens with one attached hydrogen (secondary N) is 3. The third-order valence-corrected chi connectivity index (χ3v) is 5.06. The van der Waals surface area contributed by atoms with Gasteiger partial charge in [0.2, 0.25) is 0 Å². The molecule has 33 heavy (non-hydrogen) atoms. The second kappa shape index (κ2) is 11.5. The first kappa shape index (κ1) is 24.3. The molecule has 9 heteroatoms. The number of ether oxygens (including phenoxy) is 1. The first-order chi connectivity index (χ1) is 15.9. The Bertz CT molecular complexity index is 1170. The average Bonchev–Trinajstić information content (AvgIpc) is 2.79. The molecule has 0 aliphatic rings. The van der Waals surface area contributed by atoms with Gasteiger partial charge in [-0.2, -0.15) is 0 Å². The standard InChI is InChI=1S/C24H21BrFN3O3S/c1-2-12-32-21-11-6-16(25)14-20(21)23(31)29-24(33)28-19-5-3-4-15(13-19)22(30)27-18-9-7-17(26)8-10-18/h3-11,13-14H,2,12H2,1H3,(H,27,30)(H2,28,29,31,33). The molecule has 6 nitrogen and oxygen atoms in total. The number of hydrogen-bond donors (Lipinski definition) is 3. The number of anilines is 2. The van der Waals surface area contributed by atoms with Gasteiger partial charge < -0.3 is 15.4 Å². The van der Waals surface area contributed by atoms with Crippen LogP contribution in [0.5, 0.6) is 5.75 Å². The number of halogens is 2. The second-order valence-electron chi connectivity index (χ2n) is 6.94. The van der Waals surface area contributed by atoms with Gasteiger partial charge in [0.25, 0.3) is 11.8 Å². The van der Waals surface area contributed by atoms with E-state index in [-0.39, 0.29) is 16.8 Å². The smallest absolute Gasteiger partial charge is 0.261 e. The van der Waals surface area contributed by atoms with E-state index in [0.717, 1.165) is 10.9 Å². The lowest BCUT2D eigenvalue weighted by Gasteiger charge is -2.14. The monoisotopic (exact) mass is 529 g/mol. The molecular weight excluding hydrogens is 509 g/mol. The van der Waals surface area contributed by atoms with E-state index >= 15 is 0 Å². The van der Waals surface area contributed by atoms with Gasteiger partial charge in [-0.05, 0) is 79.3 Å². The van der Waals surface area contributed by atoms with E-state index in [0.29, 0.717) is 34.9 Å². The summed E-state index contributed by atoms with van der Waals surface area (Å²) >= 11 is 8.63. The minimum absolute atomic E-state index is 0.0671. The molecule has 3 aromatic carbocycles. The zero-order valence-corrected chi connectivity index (χ0v) is 20.1. The van der Waals surface area contributed by atoms with Crippen LogP contribution in [0.15, 0.2) is 71.2 Å². The summed E-state index contributed by atoms with van der Waals surface area (Å²) in [5, 5.41) is 8.29. The molecule has 3 aromatic rings. The molecule has 0 aliphatic heterocycles. The maximum atomic E-state index is 13.0. The van der Waals surface area contributed by atoms with Crippen LogP contribution in [0.4, 0.5) is 15.8 Å². The number of rotatable bonds is 7. The Kier molecular flexibility index (Phi) is 8.51. The van der Waals surface area contributed by atoms with Crippen molar-refractivity contribution in [3.63, 3.8) is 0 Å². The molecular formula is C24H21BrFN3O3S. The molecule has 0 saturated heterocycles. The fourth-order valence-corrected chi connectivity index (χ4v) is 3.40. The fraction of sp³-hybridized carbons (Fsp3) is 0.125. The Morgan fingerprint density at radius 3 is 2.45 bits per heavy atom.